The van der Waals surface area contributed by atoms with Crippen molar-refractivity contribution in [2.45, 2.75) is 13.1 Å². The minimum absolute atomic E-state index is 0.631. The van der Waals surface area contributed by atoms with Crippen LogP contribution in [0.1, 0.15) is 11.1 Å². The van der Waals surface area contributed by atoms with Gasteiger partial charge in [0.2, 0.25) is 0 Å². The predicted molar refractivity (Wildman–Crippen MR) is 60.5 cm³/mol. The molecule has 17 heavy (non-hydrogen) atoms. The summed E-state index contributed by atoms with van der Waals surface area (Å²) in [6.45, 7) is 1.93. The second-order valence-corrected chi connectivity index (χ2v) is 3.85. The molecule has 0 aliphatic rings. The number of halogens is 3. The van der Waals surface area contributed by atoms with Gasteiger partial charge in [-0.15, -0.1) is 0 Å². The summed E-state index contributed by atoms with van der Waals surface area (Å²) in [6, 6.07) is 13.7. The van der Waals surface area contributed by atoms with Gasteiger partial charge in [0, 0.05) is 0 Å². The monoisotopic (exact) mass is 235 g/mol. The number of hydrogen-bond donors (Lipinski definition) is 0. The molecule has 0 spiro atoms. The van der Waals surface area contributed by atoms with E-state index in [9.17, 15) is 13.2 Å². The van der Waals surface area contributed by atoms with Crippen molar-refractivity contribution in [3.05, 3.63) is 59.7 Å². The standard InChI is InChI=1S/C14H10F3/c1-10-3-2-4-12(9-10)11-5-7-13(8-6-11)14(15,16)17/h2-3,5-9H,1H3. The number of alkyl halides is 3. The van der Waals surface area contributed by atoms with E-state index in [1.807, 2.05) is 19.1 Å². The quantitative estimate of drug-likeness (QED) is 0.683. The zero-order valence-electron chi connectivity index (χ0n) is 9.18. The van der Waals surface area contributed by atoms with E-state index in [1.54, 1.807) is 6.07 Å². The molecule has 0 unspecified atom stereocenters. The van der Waals surface area contributed by atoms with Gasteiger partial charge in [0.25, 0.3) is 0 Å². The number of aryl methyl sites for hydroxylation is 1. The fourth-order valence-corrected chi connectivity index (χ4v) is 1.59. The van der Waals surface area contributed by atoms with Crippen LogP contribution in [-0.4, -0.2) is 0 Å². The summed E-state index contributed by atoms with van der Waals surface area (Å²) in [5.74, 6) is 0. The third-order valence-corrected chi connectivity index (χ3v) is 2.48. The van der Waals surface area contributed by atoms with Gasteiger partial charge >= 0.3 is 6.18 Å². The molecule has 0 aromatic heterocycles. The molecule has 0 nitrogen and oxygen atoms in total. The van der Waals surface area contributed by atoms with Gasteiger partial charge in [-0.1, -0.05) is 35.9 Å². The van der Waals surface area contributed by atoms with Crippen molar-refractivity contribution in [1.82, 2.24) is 0 Å². The van der Waals surface area contributed by atoms with Crippen LogP contribution in [0, 0.1) is 13.0 Å². The Morgan fingerprint density at radius 2 is 1.65 bits per heavy atom. The summed E-state index contributed by atoms with van der Waals surface area (Å²) >= 11 is 0. The molecule has 3 heteroatoms. The highest BCUT2D eigenvalue weighted by atomic mass is 19.4. The molecule has 0 amide bonds. The number of rotatable bonds is 1. The highest BCUT2D eigenvalue weighted by Crippen LogP contribution is 2.30. The molecule has 0 atom stereocenters. The first kappa shape index (κ1) is 11.7. The Kier molecular flexibility index (Phi) is 2.92. The Morgan fingerprint density at radius 3 is 2.18 bits per heavy atom. The molecule has 87 valence electrons. The van der Waals surface area contributed by atoms with Gasteiger partial charge in [-0.3, -0.25) is 0 Å². The Morgan fingerprint density at radius 1 is 1.00 bits per heavy atom. The topological polar surface area (TPSA) is 0 Å². The van der Waals surface area contributed by atoms with Crippen LogP contribution in [0.3, 0.4) is 0 Å². The molecule has 0 aliphatic heterocycles. The summed E-state index contributed by atoms with van der Waals surface area (Å²) in [4.78, 5) is 0. The highest BCUT2D eigenvalue weighted by Gasteiger charge is 2.29. The van der Waals surface area contributed by atoms with Gasteiger partial charge in [0.1, 0.15) is 0 Å². The van der Waals surface area contributed by atoms with Crippen molar-refractivity contribution in [2.75, 3.05) is 0 Å². The minimum Gasteiger partial charge on any atom is -0.166 e. The van der Waals surface area contributed by atoms with Crippen LogP contribution in [0.2, 0.25) is 0 Å². The lowest BCUT2D eigenvalue weighted by Crippen LogP contribution is -2.03. The lowest BCUT2D eigenvalue weighted by atomic mass is 10.0. The fourth-order valence-electron chi connectivity index (χ4n) is 1.59. The number of benzene rings is 2. The molecular weight excluding hydrogens is 225 g/mol. The maximum Gasteiger partial charge on any atom is 0.416 e. The Bertz CT molecular complexity index is 510. The average Bonchev–Trinajstić information content (AvgIpc) is 2.28. The van der Waals surface area contributed by atoms with Crippen LogP contribution in [0.4, 0.5) is 13.2 Å². The molecule has 2 aromatic rings. The lowest BCUT2D eigenvalue weighted by Gasteiger charge is -2.07. The normalized spacial score (nSPS) is 11.5. The summed E-state index contributed by atoms with van der Waals surface area (Å²) in [7, 11) is 0. The smallest absolute Gasteiger partial charge is 0.166 e. The average molecular weight is 235 g/mol. The molecule has 0 N–H and O–H groups in total. The van der Waals surface area contributed by atoms with E-state index in [0.717, 1.165) is 28.8 Å². The van der Waals surface area contributed by atoms with Gasteiger partial charge < -0.3 is 0 Å². The van der Waals surface area contributed by atoms with E-state index in [4.69, 9.17) is 0 Å². The molecule has 0 heterocycles. The van der Waals surface area contributed by atoms with E-state index in [2.05, 4.69) is 6.07 Å². The molecule has 0 fully saturated rings. The van der Waals surface area contributed by atoms with Gasteiger partial charge in [-0.25, -0.2) is 0 Å². The Balaban J connectivity index is 2.36. The van der Waals surface area contributed by atoms with Gasteiger partial charge in [-0.2, -0.15) is 13.2 Å². The van der Waals surface area contributed by atoms with Crippen molar-refractivity contribution in [3.63, 3.8) is 0 Å². The van der Waals surface area contributed by atoms with Gasteiger partial charge in [0.15, 0.2) is 0 Å². The van der Waals surface area contributed by atoms with Crippen LogP contribution in [0.15, 0.2) is 42.5 Å². The molecule has 2 rings (SSSR count). The predicted octanol–water partition coefficient (Wildman–Crippen LogP) is 4.48. The zero-order chi connectivity index (χ0) is 12.5. The summed E-state index contributed by atoms with van der Waals surface area (Å²) < 4.78 is 37.1. The second kappa shape index (κ2) is 4.24. The van der Waals surface area contributed by atoms with Crippen molar-refractivity contribution in [2.24, 2.45) is 0 Å². The van der Waals surface area contributed by atoms with Crippen LogP contribution in [0.5, 0.6) is 0 Å². The maximum atomic E-state index is 12.4. The minimum atomic E-state index is -4.28. The largest absolute Gasteiger partial charge is 0.416 e. The third kappa shape index (κ3) is 2.67. The van der Waals surface area contributed by atoms with Crippen LogP contribution in [0.25, 0.3) is 11.1 Å². The van der Waals surface area contributed by atoms with Crippen molar-refractivity contribution >= 4 is 0 Å². The van der Waals surface area contributed by atoms with E-state index in [-0.39, 0.29) is 0 Å². The van der Waals surface area contributed by atoms with E-state index >= 15 is 0 Å². The van der Waals surface area contributed by atoms with E-state index in [0.29, 0.717) is 0 Å². The van der Waals surface area contributed by atoms with Crippen LogP contribution >= 0.6 is 0 Å². The first-order valence-electron chi connectivity index (χ1n) is 5.13. The molecule has 1 radical (unpaired) electrons. The molecule has 0 bridgehead atoms. The first-order valence-corrected chi connectivity index (χ1v) is 5.13. The van der Waals surface area contributed by atoms with Crippen LogP contribution in [-0.2, 0) is 6.18 Å². The van der Waals surface area contributed by atoms with E-state index < -0.39 is 11.7 Å². The molecule has 0 saturated heterocycles. The summed E-state index contributed by atoms with van der Waals surface area (Å²) in [5, 5.41) is 0. The fraction of sp³-hybridized carbons (Fsp3) is 0.143. The number of hydrogen-bond acceptors (Lipinski definition) is 0. The van der Waals surface area contributed by atoms with Gasteiger partial charge in [0.05, 0.1) is 5.56 Å². The third-order valence-electron chi connectivity index (χ3n) is 2.48. The molecule has 2 aromatic carbocycles. The van der Waals surface area contributed by atoms with Crippen molar-refractivity contribution in [1.29, 1.82) is 0 Å². The Hall–Kier alpha value is -1.77. The van der Waals surface area contributed by atoms with Crippen molar-refractivity contribution < 1.29 is 13.2 Å². The van der Waals surface area contributed by atoms with Crippen LogP contribution < -0.4 is 0 Å². The molecular formula is C14H10F3. The second-order valence-electron chi connectivity index (χ2n) is 3.85. The van der Waals surface area contributed by atoms with Gasteiger partial charge in [-0.05, 0) is 36.2 Å². The first-order chi connectivity index (χ1) is 7.97. The highest BCUT2D eigenvalue weighted by molar-refractivity contribution is 5.63. The zero-order valence-corrected chi connectivity index (χ0v) is 9.18. The van der Waals surface area contributed by atoms with E-state index in [1.165, 1.54) is 12.1 Å². The molecule has 0 saturated carbocycles. The Labute approximate surface area is 97.7 Å². The van der Waals surface area contributed by atoms with Crippen molar-refractivity contribution in [3.8, 4) is 11.1 Å². The SMILES string of the molecule is Cc1cc[c]c(-c2ccc(C(F)(F)F)cc2)c1. The lowest BCUT2D eigenvalue weighted by molar-refractivity contribution is -0.137. The maximum absolute atomic E-state index is 12.4. The molecule has 0 aliphatic carbocycles. The summed E-state index contributed by atoms with van der Waals surface area (Å²) in [6.07, 6.45) is -4.28. The summed E-state index contributed by atoms with van der Waals surface area (Å²) in [5.41, 5.74) is 1.97.